The Morgan fingerprint density at radius 1 is 1.56 bits per heavy atom. The van der Waals surface area contributed by atoms with Gasteiger partial charge in [-0.25, -0.2) is 4.39 Å². The second-order valence-electron chi connectivity index (χ2n) is 4.70. The Balaban J connectivity index is 2.06. The van der Waals surface area contributed by atoms with Crippen molar-refractivity contribution in [2.75, 3.05) is 19.5 Å². The van der Waals surface area contributed by atoms with Crippen LogP contribution in [0.15, 0.2) is 23.1 Å². The molecule has 1 aromatic rings. The number of thioether (sulfide) groups is 1. The van der Waals surface area contributed by atoms with Gasteiger partial charge in [0.15, 0.2) is 0 Å². The lowest BCUT2D eigenvalue weighted by molar-refractivity contribution is 0.182. The van der Waals surface area contributed by atoms with Gasteiger partial charge in [0.05, 0.1) is 0 Å². The van der Waals surface area contributed by atoms with Crippen molar-refractivity contribution in [2.24, 2.45) is 0 Å². The number of fused-ring (bicyclic) bond motifs is 1. The average Bonchev–Trinajstić information content (AvgIpc) is 2.38. The summed E-state index contributed by atoms with van der Waals surface area (Å²) in [5.74, 6) is 0.885. The molecule has 2 unspecified atom stereocenters. The van der Waals surface area contributed by atoms with Gasteiger partial charge >= 0.3 is 0 Å². The molecule has 4 heteroatoms. The maximum Gasteiger partial charge on any atom is 0.137 e. The molecule has 2 nitrogen and oxygen atoms in total. The lowest BCUT2D eigenvalue weighted by Gasteiger charge is -2.29. The summed E-state index contributed by atoms with van der Waals surface area (Å²) in [6.45, 7) is 2.91. The van der Waals surface area contributed by atoms with E-state index in [0.29, 0.717) is 6.04 Å². The fourth-order valence-corrected chi connectivity index (χ4v) is 3.42. The van der Waals surface area contributed by atoms with Gasteiger partial charge in [-0.2, -0.15) is 0 Å². The predicted octanol–water partition coefficient (Wildman–Crippen LogP) is 3.38. The first-order chi connectivity index (χ1) is 8.72. The van der Waals surface area contributed by atoms with Crippen LogP contribution < -0.4 is 5.32 Å². The van der Waals surface area contributed by atoms with Crippen molar-refractivity contribution in [2.45, 2.75) is 36.7 Å². The van der Waals surface area contributed by atoms with Gasteiger partial charge in [0.2, 0.25) is 0 Å². The first kappa shape index (κ1) is 13.8. The van der Waals surface area contributed by atoms with Crippen molar-refractivity contribution in [3.8, 4) is 0 Å². The molecule has 1 aliphatic rings. The zero-order chi connectivity index (χ0) is 13.0. The molecule has 2 atom stereocenters. The maximum atomic E-state index is 13.7. The molecule has 18 heavy (non-hydrogen) atoms. The Morgan fingerprint density at radius 3 is 3.17 bits per heavy atom. The minimum atomic E-state index is -0.0893. The normalized spacial score (nSPS) is 20.5. The van der Waals surface area contributed by atoms with Crippen LogP contribution in [0.4, 0.5) is 4.39 Å². The van der Waals surface area contributed by atoms with Gasteiger partial charge in [0.1, 0.15) is 5.82 Å². The van der Waals surface area contributed by atoms with Crippen LogP contribution in [0.5, 0.6) is 0 Å². The predicted molar refractivity (Wildman–Crippen MR) is 73.6 cm³/mol. The van der Waals surface area contributed by atoms with E-state index in [9.17, 15) is 4.39 Å². The minimum absolute atomic E-state index is 0.0893. The van der Waals surface area contributed by atoms with Crippen LogP contribution >= 0.6 is 11.8 Å². The van der Waals surface area contributed by atoms with Crippen LogP contribution in [-0.4, -0.2) is 25.5 Å². The van der Waals surface area contributed by atoms with Crippen LogP contribution in [0, 0.1) is 5.82 Å². The summed E-state index contributed by atoms with van der Waals surface area (Å²) < 4.78 is 18.8. The number of ether oxygens (including phenoxy) is 1. The number of methoxy groups -OCH3 is 1. The minimum Gasteiger partial charge on any atom is -0.385 e. The van der Waals surface area contributed by atoms with Crippen molar-refractivity contribution in [3.05, 3.63) is 29.6 Å². The van der Waals surface area contributed by atoms with Gasteiger partial charge < -0.3 is 10.1 Å². The molecule has 0 aromatic heterocycles. The highest BCUT2D eigenvalue weighted by Gasteiger charge is 2.23. The molecule has 100 valence electrons. The molecule has 0 fully saturated rings. The van der Waals surface area contributed by atoms with E-state index in [1.165, 1.54) is 0 Å². The zero-order valence-corrected chi connectivity index (χ0v) is 11.7. The van der Waals surface area contributed by atoms with Gasteiger partial charge in [-0.1, -0.05) is 12.1 Å². The average molecular weight is 269 g/mol. The Hall–Kier alpha value is -0.580. The lowest BCUT2D eigenvalue weighted by atomic mass is 10.0. The third kappa shape index (κ3) is 3.25. The highest BCUT2D eigenvalue weighted by atomic mass is 32.2. The molecule has 1 aromatic carbocycles. The lowest BCUT2D eigenvalue weighted by Crippen LogP contribution is -2.33. The largest absolute Gasteiger partial charge is 0.385 e. The monoisotopic (exact) mass is 269 g/mol. The van der Waals surface area contributed by atoms with E-state index in [4.69, 9.17) is 4.74 Å². The summed E-state index contributed by atoms with van der Waals surface area (Å²) in [7, 11) is 1.72. The Morgan fingerprint density at radius 2 is 2.39 bits per heavy atom. The summed E-state index contributed by atoms with van der Waals surface area (Å²) in [5.41, 5.74) is 1.11. The van der Waals surface area contributed by atoms with E-state index in [0.717, 1.165) is 35.7 Å². The molecular weight excluding hydrogens is 249 g/mol. The number of halogens is 1. The molecule has 0 saturated carbocycles. The fraction of sp³-hybridized carbons (Fsp3) is 0.571. The van der Waals surface area contributed by atoms with E-state index >= 15 is 0 Å². The number of hydrogen-bond donors (Lipinski definition) is 1. The number of nitrogens with one attached hydrogen (secondary N) is 1. The first-order valence-electron chi connectivity index (χ1n) is 6.38. The molecule has 1 aliphatic heterocycles. The van der Waals surface area contributed by atoms with E-state index in [1.54, 1.807) is 31.0 Å². The smallest absolute Gasteiger partial charge is 0.137 e. The maximum absolute atomic E-state index is 13.7. The molecular formula is C14H20FNOS. The van der Waals surface area contributed by atoms with Gasteiger partial charge in [-0.3, -0.25) is 0 Å². The third-order valence-corrected chi connectivity index (χ3v) is 4.43. The molecule has 1 heterocycles. The standard InChI is InChI=1S/C14H20FNOS/c1-10(6-8-17-2)16-13-7-9-18-14-11(13)4-3-5-12(14)15/h3-5,10,13,16H,6-9H2,1-2H3. The molecule has 0 bridgehead atoms. The van der Waals surface area contributed by atoms with Crippen molar-refractivity contribution in [1.82, 2.24) is 5.32 Å². The van der Waals surface area contributed by atoms with Gasteiger partial charge in [-0.15, -0.1) is 11.8 Å². The molecule has 1 N–H and O–H groups in total. The third-order valence-electron chi connectivity index (χ3n) is 3.27. The fourth-order valence-electron chi connectivity index (χ4n) is 2.28. The number of benzene rings is 1. The van der Waals surface area contributed by atoms with Crippen LogP contribution in [0.25, 0.3) is 0 Å². The van der Waals surface area contributed by atoms with Crippen molar-refractivity contribution in [1.29, 1.82) is 0 Å². The van der Waals surface area contributed by atoms with Crippen molar-refractivity contribution >= 4 is 11.8 Å². The molecule has 0 saturated heterocycles. The van der Waals surface area contributed by atoms with Gasteiger partial charge in [-0.05, 0) is 37.1 Å². The SMILES string of the molecule is COCCC(C)NC1CCSc2c(F)cccc21. The van der Waals surface area contributed by atoms with E-state index in [2.05, 4.69) is 12.2 Å². The zero-order valence-electron chi connectivity index (χ0n) is 10.9. The van der Waals surface area contributed by atoms with E-state index in [1.807, 2.05) is 6.07 Å². The summed E-state index contributed by atoms with van der Waals surface area (Å²) >= 11 is 1.62. The van der Waals surface area contributed by atoms with Crippen LogP contribution in [0.3, 0.4) is 0 Å². The highest BCUT2D eigenvalue weighted by molar-refractivity contribution is 7.99. The second kappa shape index (κ2) is 6.55. The summed E-state index contributed by atoms with van der Waals surface area (Å²) in [6.07, 6.45) is 2.03. The first-order valence-corrected chi connectivity index (χ1v) is 7.37. The van der Waals surface area contributed by atoms with Gasteiger partial charge in [0, 0.05) is 30.7 Å². The summed E-state index contributed by atoms with van der Waals surface area (Å²) in [5, 5.41) is 3.58. The Labute approximate surface area is 112 Å². The van der Waals surface area contributed by atoms with E-state index < -0.39 is 0 Å². The van der Waals surface area contributed by atoms with E-state index in [-0.39, 0.29) is 11.9 Å². The Bertz CT molecular complexity index is 399. The molecule has 0 radical (unpaired) electrons. The van der Waals surface area contributed by atoms with Crippen molar-refractivity contribution in [3.63, 3.8) is 0 Å². The van der Waals surface area contributed by atoms with Crippen molar-refractivity contribution < 1.29 is 9.13 Å². The summed E-state index contributed by atoms with van der Waals surface area (Å²) in [4.78, 5) is 0.820. The van der Waals surface area contributed by atoms with Gasteiger partial charge in [0.25, 0.3) is 0 Å². The molecule has 0 aliphatic carbocycles. The number of hydrogen-bond acceptors (Lipinski definition) is 3. The molecule has 0 amide bonds. The van der Waals surface area contributed by atoms with Crippen LogP contribution in [-0.2, 0) is 4.74 Å². The van der Waals surface area contributed by atoms with Crippen LogP contribution in [0.2, 0.25) is 0 Å². The molecule has 2 rings (SSSR count). The Kier molecular flexibility index (Phi) is 5.03. The highest BCUT2D eigenvalue weighted by Crippen LogP contribution is 2.37. The molecule has 0 spiro atoms. The second-order valence-corrected chi connectivity index (χ2v) is 5.80. The number of rotatable bonds is 5. The van der Waals surface area contributed by atoms with Crippen LogP contribution in [0.1, 0.15) is 31.4 Å². The topological polar surface area (TPSA) is 21.3 Å². The summed E-state index contributed by atoms with van der Waals surface area (Å²) in [6, 6.07) is 6.03. The quantitative estimate of drug-likeness (QED) is 0.885.